The molecule has 1 aromatic rings. The van der Waals surface area contributed by atoms with Crippen molar-refractivity contribution in [2.45, 2.75) is 52.1 Å². The molecule has 0 aliphatic carbocycles. The van der Waals surface area contributed by atoms with Crippen molar-refractivity contribution in [3.05, 3.63) is 29.3 Å². The lowest BCUT2D eigenvalue weighted by Crippen LogP contribution is -2.27. The minimum absolute atomic E-state index is 0.199. The second kappa shape index (κ2) is 5.24. The molecule has 0 N–H and O–H groups in total. The van der Waals surface area contributed by atoms with Crippen molar-refractivity contribution in [3.63, 3.8) is 0 Å². The van der Waals surface area contributed by atoms with Crippen molar-refractivity contribution >= 4 is 5.97 Å². The summed E-state index contributed by atoms with van der Waals surface area (Å²) in [6, 6.07) is 6.02. The molecule has 0 amide bonds. The van der Waals surface area contributed by atoms with E-state index in [1.165, 1.54) is 5.56 Å². The van der Waals surface area contributed by atoms with Crippen LogP contribution in [0.5, 0.6) is 5.75 Å². The Labute approximate surface area is 114 Å². The Bertz CT molecular complexity index is 471. The zero-order valence-electron chi connectivity index (χ0n) is 12.2. The molecule has 0 spiro atoms. The molecule has 0 saturated heterocycles. The van der Waals surface area contributed by atoms with Gasteiger partial charge in [-0.25, -0.2) is 0 Å². The molecule has 0 fully saturated rings. The fourth-order valence-electron chi connectivity index (χ4n) is 2.27. The lowest BCUT2D eigenvalue weighted by atomic mass is 9.94. The minimum Gasteiger partial charge on any atom is -0.493 e. The standard InChI is InChI=1S/C16H22O3/c1-11(15(17)19-16(2,3)4)13-9-5-7-12-8-6-10-18-14(12)13/h5,7,9,11H,6,8,10H2,1-4H3. The van der Waals surface area contributed by atoms with Crippen LogP contribution in [0.1, 0.15) is 51.2 Å². The molecule has 0 bridgehead atoms. The fraction of sp³-hybridized carbons (Fsp3) is 0.562. The first-order chi connectivity index (χ1) is 8.88. The first kappa shape index (κ1) is 13.9. The minimum atomic E-state index is -0.457. The summed E-state index contributed by atoms with van der Waals surface area (Å²) in [6.45, 7) is 8.25. The summed E-state index contributed by atoms with van der Waals surface area (Å²) in [4.78, 5) is 12.2. The van der Waals surface area contributed by atoms with E-state index in [0.717, 1.165) is 30.8 Å². The van der Waals surface area contributed by atoms with E-state index in [0.29, 0.717) is 0 Å². The van der Waals surface area contributed by atoms with Gasteiger partial charge in [-0.2, -0.15) is 0 Å². The topological polar surface area (TPSA) is 35.5 Å². The van der Waals surface area contributed by atoms with Crippen LogP contribution in [0.2, 0.25) is 0 Å². The Morgan fingerprint density at radius 3 is 2.79 bits per heavy atom. The molecule has 0 saturated carbocycles. The molecular formula is C16H22O3. The van der Waals surface area contributed by atoms with E-state index in [9.17, 15) is 4.79 Å². The average Bonchev–Trinajstić information content (AvgIpc) is 2.35. The van der Waals surface area contributed by atoms with Gasteiger partial charge in [-0.3, -0.25) is 4.79 Å². The van der Waals surface area contributed by atoms with Gasteiger partial charge >= 0.3 is 5.97 Å². The van der Waals surface area contributed by atoms with Gasteiger partial charge in [0.25, 0.3) is 0 Å². The van der Waals surface area contributed by atoms with Gasteiger partial charge < -0.3 is 9.47 Å². The van der Waals surface area contributed by atoms with Gasteiger partial charge in [-0.15, -0.1) is 0 Å². The van der Waals surface area contributed by atoms with E-state index in [1.807, 2.05) is 39.8 Å². The van der Waals surface area contributed by atoms with E-state index in [-0.39, 0.29) is 11.9 Å². The second-order valence-electron chi connectivity index (χ2n) is 6.04. The molecule has 1 unspecified atom stereocenters. The average molecular weight is 262 g/mol. The molecule has 19 heavy (non-hydrogen) atoms. The maximum atomic E-state index is 12.2. The maximum Gasteiger partial charge on any atom is 0.313 e. The van der Waals surface area contributed by atoms with Gasteiger partial charge in [0.1, 0.15) is 11.4 Å². The molecule has 1 atom stereocenters. The number of ether oxygens (including phenoxy) is 2. The van der Waals surface area contributed by atoms with Crippen LogP contribution < -0.4 is 4.74 Å². The third kappa shape index (κ3) is 3.28. The number of esters is 1. The van der Waals surface area contributed by atoms with Crippen LogP contribution in [0, 0.1) is 0 Å². The van der Waals surface area contributed by atoms with E-state index >= 15 is 0 Å². The Morgan fingerprint density at radius 1 is 1.37 bits per heavy atom. The van der Waals surface area contributed by atoms with Gasteiger partial charge in [-0.05, 0) is 46.1 Å². The zero-order valence-corrected chi connectivity index (χ0v) is 12.2. The van der Waals surface area contributed by atoms with Crippen molar-refractivity contribution < 1.29 is 14.3 Å². The number of para-hydroxylation sites is 1. The molecule has 1 aromatic carbocycles. The first-order valence-corrected chi connectivity index (χ1v) is 6.86. The fourth-order valence-corrected chi connectivity index (χ4v) is 2.27. The predicted molar refractivity (Wildman–Crippen MR) is 74.5 cm³/mol. The predicted octanol–water partition coefficient (Wildman–Crippen LogP) is 3.46. The van der Waals surface area contributed by atoms with Crippen molar-refractivity contribution in [2.75, 3.05) is 6.61 Å². The van der Waals surface area contributed by atoms with Crippen LogP contribution in [0.4, 0.5) is 0 Å². The summed E-state index contributed by atoms with van der Waals surface area (Å²) >= 11 is 0. The Morgan fingerprint density at radius 2 is 2.11 bits per heavy atom. The molecule has 1 aliphatic rings. The summed E-state index contributed by atoms with van der Waals surface area (Å²) in [5, 5.41) is 0. The third-order valence-corrected chi connectivity index (χ3v) is 3.19. The number of carbonyl (C=O) groups is 1. The Balaban J connectivity index is 2.24. The van der Waals surface area contributed by atoms with Crippen LogP contribution >= 0.6 is 0 Å². The van der Waals surface area contributed by atoms with E-state index in [2.05, 4.69) is 6.07 Å². The van der Waals surface area contributed by atoms with E-state index < -0.39 is 5.60 Å². The van der Waals surface area contributed by atoms with Crippen molar-refractivity contribution in [2.24, 2.45) is 0 Å². The Kier molecular flexibility index (Phi) is 3.83. The van der Waals surface area contributed by atoms with Gasteiger partial charge in [0.15, 0.2) is 0 Å². The van der Waals surface area contributed by atoms with E-state index in [4.69, 9.17) is 9.47 Å². The lowest BCUT2D eigenvalue weighted by Gasteiger charge is -2.25. The largest absolute Gasteiger partial charge is 0.493 e. The maximum absolute atomic E-state index is 12.2. The van der Waals surface area contributed by atoms with Gasteiger partial charge in [0, 0.05) is 5.56 Å². The molecule has 3 nitrogen and oxygen atoms in total. The highest BCUT2D eigenvalue weighted by atomic mass is 16.6. The molecule has 1 aliphatic heterocycles. The molecule has 2 rings (SSSR count). The molecule has 1 heterocycles. The van der Waals surface area contributed by atoms with Crippen molar-refractivity contribution in [1.29, 1.82) is 0 Å². The first-order valence-electron chi connectivity index (χ1n) is 6.86. The molecule has 104 valence electrons. The summed E-state index contributed by atoms with van der Waals surface area (Å²) in [7, 11) is 0. The van der Waals surface area contributed by atoms with Crippen LogP contribution in [0.25, 0.3) is 0 Å². The van der Waals surface area contributed by atoms with Gasteiger partial charge in [0.05, 0.1) is 12.5 Å². The van der Waals surface area contributed by atoms with Crippen molar-refractivity contribution in [1.82, 2.24) is 0 Å². The number of benzene rings is 1. The number of rotatable bonds is 2. The smallest absolute Gasteiger partial charge is 0.313 e. The molecular weight excluding hydrogens is 240 g/mol. The number of hydrogen-bond acceptors (Lipinski definition) is 3. The highest BCUT2D eigenvalue weighted by molar-refractivity contribution is 5.79. The summed E-state index contributed by atoms with van der Waals surface area (Å²) in [6.07, 6.45) is 2.06. The number of carbonyl (C=O) groups excluding carboxylic acids is 1. The number of aryl methyl sites for hydroxylation is 1. The third-order valence-electron chi connectivity index (χ3n) is 3.19. The van der Waals surface area contributed by atoms with Crippen LogP contribution in [0.3, 0.4) is 0 Å². The second-order valence-corrected chi connectivity index (χ2v) is 6.04. The van der Waals surface area contributed by atoms with Gasteiger partial charge in [0.2, 0.25) is 0 Å². The highest BCUT2D eigenvalue weighted by Gasteiger charge is 2.27. The highest BCUT2D eigenvalue weighted by Crippen LogP contribution is 2.34. The summed E-state index contributed by atoms with van der Waals surface area (Å²) < 4.78 is 11.2. The van der Waals surface area contributed by atoms with Gasteiger partial charge in [-0.1, -0.05) is 18.2 Å². The summed E-state index contributed by atoms with van der Waals surface area (Å²) in [5.74, 6) is 0.384. The quantitative estimate of drug-likeness (QED) is 0.766. The SMILES string of the molecule is CC(C(=O)OC(C)(C)C)c1cccc2c1OCCC2. The number of hydrogen-bond donors (Lipinski definition) is 0. The normalized spacial score (nSPS) is 16.2. The van der Waals surface area contributed by atoms with Crippen LogP contribution in [0.15, 0.2) is 18.2 Å². The Hall–Kier alpha value is -1.51. The van der Waals surface area contributed by atoms with Crippen LogP contribution in [-0.4, -0.2) is 18.2 Å². The lowest BCUT2D eigenvalue weighted by molar-refractivity contribution is -0.156. The van der Waals surface area contributed by atoms with Crippen molar-refractivity contribution in [3.8, 4) is 5.75 Å². The molecule has 3 heteroatoms. The van der Waals surface area contributed by atoms with E-state index in [1.54, 1.807) is 0 Å². The molecule has 0 aromatic heterocycles. The summed E-state index contributed by atoms with van der Waals surface area (Å²) in [5.41, 5.74) is 1.67. The zero-order chi connectivity index (χ0) is 14.0. The monoisotopic (exact) mass is 262 g/mol. The number of fused-ring (bicyclic) bond motifs is 1. The molecule has 0 radical (unpaired) electrons. The van der Waals surface area contributed by atoms with Crippen LogP contribution in [-0.2, 0) is 16.0 Å².